The molecule has 0 aromatic heterocycles. The van der Waals surface area contributed by atoms with Crippen LogP contribution in [-0.4, -0.2) is 38.9 Å². The molecule has 0 spiro atoms. The minimum atomic E-state index is 0.346. The smallest absolute Gasteiger partial charge is 0.192 e. The van der Waals surface area contributed by atoms with Gasteiger partial charge >= 0.3 is 0 Å². The van der Waals surface area contributed by atoms with Gasteiger partial charge in [-0.25, -0.2) is 0 Å². The van der Waals surface area contributed by atoms with Gasteiger partial charge in [0.1, 0.15) is 21.1 Å². The van der Waals surface area contributed by atoms with E-state index in [1.807, 2.05) is 39.3 Å². The number of para-hydroxylation sites is 1. The molecule has 18 heavy (non-hydrogen) atoms. The van der Waals surface area contributed by atoms with Gasteiger partial charge < -0.3 is 9.74 Å². The van der Waals surface area contributed by atoms with Crippen molar-refractivity contribution in [1.29, 1.82) is 0 Å². The van der Waals surface area contributed by atoms with Crippen molar-refractivity contribution in [2.75, 3.05) is 39.1 Å². The number of rotatable bonds is 4. The van der Waals surface area contributed by atoms with Crippen LogP contribution < -0.4 is 4.90 Å². The van der Waals surface area contributed by atoms with E-state index in [0.717, 1.165) is 18.7 Å². The van der Waals surface area contributed by atoms with Gasteiger partial charge in [-0.3, -0.25) is 0 Å². The first-order valence-corrected chi connectivity index (χ1v) is 6.45. The summed E-state index contributed by atoms with van der Waals surface area (Å²) in [7, 11) is 5.84. The predicted octanol–water partition coefficient (Wildman–Crippen LogP) is 2.90. The van der Waals surface area contributed by atoms with Crippen LogP contribution in [0.1, 0.15) is 19.8 Å². The summed E-state index contributed by atoms with van der Waals surface area (Å²) in [5.41, 5.74) is 2.18. The fourth-order valence-electron chi connectivity index (χ4n) is 2.26. The predicted molar refractivity (Wildman–Crippen MR) is 76.0 cm³/mol. The Balaban J connectivity index is 2.32. The van der Waals surface area contributed by atoms with Crippen LogP contribution in [0.3, 0.4) is 0 Å². The summed E-state index contributed by atoms with van der Waals surface area (Å²) in [4.78, 5) is 8.23. The van der Waals surface area contributed by atoms with E-state index in [9.17, 15) is 0 Å². The van der Waals surface area contributed by atoms with Crippen LogP contribution in [0.5, 0.6) is 0 Å². The Kier molecular flexibility index (Phi) is 3.24. The number of hydrogen-bond donors (Lipinski definition) is 0. The van der Waals surface area contributed by atoms with Crippen LogP contribution in [-0.2, 0) is 4.84 Å². The van der Waals surface area contributed by atoms with Crippen molar-refractivity contribution >= 4 is 11.4 Å². The molecule has 0 amide bonds. The third kappa shape index (κ3) is 3.05. The summed E-state index contributed by atoms with van der Waals surface area (Å²) in [6.45, 7) is 3.48. The summed E-state index contributed by atoms with van der Waals surface area (Å²) in [6, 6.07) is 8.19. The molecule has 1 aliphatic rings. The van der Waals surface area contributed by atoms with Gasteiger partial charge in [0.2, 0.25) is 0 Å². The molecule has 1 saturated heterocycles. The number of hydroxylamine groups is 3. The molecule has 98 valence electrons. The van der Waals surface area contributed by atoms with Crippen molar-refractivity contribution in [2.45, 2.75) is 12.8 Å². The van der Waals surface area contributed by atoms with Crippen LogP contribution >= 0.6 is 0 Å². The molecule has 0 N–H and O–H groups in total. The number of anilines is 1. The molecule has 1 aliphatic heterocycles. The third-order valence-corrected chi connectivity index (χ3v) is 2.99. The second-order valence-electron chi connectivity index (χ2n) is 5.56. The number of nitrogens with zero attached hydrogens (tertiary/aromatic N) is 2. The van der Waals surface area contributed by atoms with Gasteiger partial charge in [0.05, 0.1) is 1.37 Å². The molecule has 1 heterocycles. The minimum absolute atomic E-state index is 0.346. The number of hydrogen-bond acceptors (Lipinski definition) is 2. The standard InChI is InChI=1S/C15H23N2O/c1-13(18-17(2,3)4)14-9-5-6-10-15(14)16-11-7-8-12-16/h5-6,9-10H,1,7-8,11-12H2,2-4H3/q+1/i1D. The van der Waals surface area contributed by atoms with Crippen molar-refractivity contribution in [1.82, 2.24) is 0 Å². The third-order valence-electron chi connectivity index (χ3n) is 2.99. The van der Waals surface area contributed by atoms with Gasteiger partial charge in [-0.1, -0.05) is 12.1 Å². The van der Waals surface area contributed by atoms with E-state index in [1.165, 1.54) is 25.1 Å². The van der Waals surface area contributed by atoms with E-state index in [1.54, 1.807) is 0 Å². The topological polar surface area (TPSA) is 12.5 Å². The van der Waals surface area contributed by atoms with Gasteiger partial charge in [-0.05, 0) is 31.5 Å². The average molecular weight is 248 g/mol. The molecule has 0 saturated carbocycles. The Morgan fingerprint density at radius 2 is 1.94 bits per heavy atom. The lowest BCUT2D eigenvalue weighted by molar-refractivity contribution is -1.05. The van der Waals surface area contributed by atoms with E-state index >= 15 is 0 Å². The number of benzene rings is 1. The molecule has 1 fully saturated rings. The van der Waals surface area contributed by atoms with E-state index in [-0.39, 0.29) is 0 Å². The molecule has 0 atom stereocenters. The second kappa shape index (κ2) is 5.02. The second-order valence-corrected chi connectivity index (χ2v) is 5.56. The first-order chi connectivity index (χ1) is 9.01. The maximum absolute atomic E-state index is 7.63. The van der Waals surface area contributed by atoms with Crippen molar-refractivity contribution in [3.8, 4) is 0 Å². The van der Waals surface area contributed by atoms with E-state index in [0.29, 0.717) is 10.4 Å². The lowest BCUT2D eigenvalue weighted by Gasteiger charge is -2.26. The van der Waals surface area contributed by atoms with Gasteiger partial charge in [0, 0.05) is 24.3 Å². The SMILES string of the molecule is [2H]C=C(O[N+](C)(C)C)c1ccccc1N1CCCC1. The zero-order valence-electron chi connectivity index (χ0n) is 12.5. The lowest BCUT2D eigenvalue weighted by atomic mass is 10.1. The Bertz CT molecular complexity index is 459. The summed E-state index contributed by atoms with van der Waals surface area (Å²) in [5, 5.41) is 0. The molecule has 0 radical (unpaired) electrons. The molecule has 0 unspecified atom stereocenters. The zero-order valence-corrected chi connectivity index (χ0v) is 11.5. The zero-order chi connectivity index (χ0) is 13.9. The quantitative estimate of drug-likeness (QED) is 0.461. The van der Waals surface area contributed by atoms with Crippen molar-refractivity contribution in [3.63, 3.8) is 0 Å². The monoisotopic (exact) mass is 248 g/mol. The average Bonchev–Trinajstić information content (AvgIpc) is 2.88. The van der Waals surface area contributed by atoms with Crippen LogP contribution in [0.2, 0.25) is 0 Å². The summed E-state index contributed by atoms with van der Waals surface area (Å²) < 4.78 is 7.98. The minimum Gasteiger partial charge on any atom is -0.371 e. The fourth-order valence-corrected chi connectivity index (χ4v) is 2.26. The first-order valence-electron chi connectivity index (χ1n) is 7.03. The van der Waals surface area contributed by atoms with Gasteiger partial charge in [0.15, 0.2) is 5.76 Å². The highest BCUT2D eigenvalue weighted by Crippen LogP contribution is 2.30. The summed E-state index contributed by atoms with van der Waals surface area (Å²) in [6.07, 6.45) is 2.48. The van der Waals surface area contributed by atoms with Crippen LogP contribution in [0.15, 0.2) is 30.8 Å². The highest BCUT2D eigenvalue weighted by molar-refractivity contribution is 5.72. The first kappa shape index (κ1) is 11.6. The Morgan fingerprint density at radius 1 is 1.28 bits per heavy atom. The van der Waals surface area contributed by atoms with Crippen molar-refractivity contribution in [2.24, 2.45) is 0 Å². The highest BCUT2D eigenvalue weighted by Gasteiger charge is 2.20. The maximum Gasteiger partial charge on any atom is 0.192 e. The van der Waals surface area contributed by atoms with Gasteiger partial charge in [-0.15, -0.1) is 4.65 Å². The molecular weight excluding hydrogens is 224 g/mol. The normalized spacial score (nSPS) is 17.8. The van der Waals surface area contributed by atoms with Crippen LogP contribution in [0, 0.1) is 0 Å². The molecule has 0 bridgehead atoms. The molecule has 1 aromatic carbocycles. The Morgan fingerprint density at radius 3 is 2.56 bits per heavy atom. The van der Waals surface area contributed by atoms with E-state index < -0.39 is 0 Å². The maximum atomic E-state index is 7.63. The van der Waals surface area contributed by atoms with Crippen molar-refractivity contribution < 1.29 is 10.9 Å². The van der Waals surface area contributed by atoms with Crippen LogP contribution in [0.4, 0.5) is 5.69 Å². The van der Waals surface area contributed by atoms with E-state index in [4.69, 9.17) is 6.21 Å². The van der Waals surface area contributed by atoms with Gasteiger partial charge in [-0.2, -0.15) is 0 Å². The molecule has 3 heteroatoms. The molecule has 2 rings (SSSR count). The highest BCUT2D eigenvalue weighted by atomic mass is 16.7. The summed E-state index contributed by atoms with van der Waals surface area (Å²) in [5.74, 6) is 0.620. The molecule has 1 aromatic rings. The van der Waals surface area contributed by atoms with Crippen LogP contribution in [0.25, 0.3) is 5.76 Å². The van der Waals surface area contributed by atoms with Gasteiger partial charge in [0.25, 0.3) is 0 Å². The molecular formula is C15H23N2O+. The molecule has 0 aliphatic carbocycles. The largest absolute Gasteiger partial charge is 0.371 e. The van der Waals surface area contributed by atoms with Crippen molar-refractivity contribution in [3.05, 3.63) is 36.4 Å². The summed E-state index contributed by atoms with van der Waals surface area (Å²) >= 11 is 0. The lowest BCUT2D eigenvalue weighted by Crippen LogP contribution is -2.33. The Labute approximate surface area is 111 Å². The van der Waals surface area contributed by atoms with E-state index in [2.05, 4.69) is 11.0 Å². The number of quaternary nitrogens is 1. The fraction of sp³-hybridized carbons (Fsp3) is 0.467. The molecule has 3 nitrogen and oxygen atoms in total. The Hall–Kier alpha value is -1.48.